The zero-order valence-corrected chi connectivity index (χ0v) is 15.6. The van der Waals surface area contributed by atoms with Crippen LogP contribution in [0, 0.1) is 0 Å². The summed E-state index contributed by atoms with van der Waals surface area (Å²) in [5.41, 5.74) is 1.63. The van der Waals surface area contributed by atoms with Crippen molar-refractivity contribution < 1.29 is 9.59 Å². The lowest BCUT2D eigenvalue weighted by atomic mass is 10.2. The minimum absolute atomic E-state index is 0.109. The first-order valence-corrected chi connectivity index (χ1v) is 8.68. The van der Waals surface area contributed by atoms with Gasteiger partial charge in [0.05, 0.1) is 10.7 Å². The summed E-state index contributed by atoms with van der Waals surface area (Å²) < 4.78 is 4.14. The number of anilines is 2. The minimum atomic E-state index is -0.284. The van der Waals surface area contributed by atoms with E-state index in [4.69, 9.17) is 0 Å². The monoisotopic (exact) mass is 416 g/mol. The largest absolute Gasteiger partial charge is 0.326 e. The first kappa shape index (κ1) is 17.9. The molecule has 9 heteroatoms. The van der Waals surface area contributed by atoms with Crippen molar-refractivity contribution in [3.05, 3.63) is 59.1 Å². The van der Waals surface area contributed by atoms with Crippen LogP contribution in [-0.2, 0) is 18.4 Å². The maximum absolute atomic E-state index is 12.0. The SMILES string of the molecule is Cn1ccc(C(=O)Nc2ccc(NC(=O)CCn3cc(Br)cn3)cc2)n1. The molecule has 134 valence electrons. The third-order valence-corrected chi connectivity index (χ3v) is 3.95. The summed E-state index contributed by atoms with van der Waals surface area (Å²) in [4.78, 5) is 24.0. The Labute approximate surface area is 158 Å². The molecular formula is C17H17BrN6O2. The topological polar surface area (TPSA) is 93.8 Å². The van der Waals surface area contributed by atoms with Crippen LogP contribution >= 0.6 is 15.9 Å². The van der Waals surface area contributed by atoms with Crippen LogP contribution in [0.15, 0.2) is 53.4 Å². The van der Waals surface area contributed by atoms with Gasteiger partial charge in [-0.05, 0) is 46.3 Å². The van der Waals surface area contributed by atoms with E-state index in [2.05, 4.69) is 36.8 Å². The van der Waals surface area contributed by atoms with Crippen LogP contribution in [-0.4, -0.2) is 31.4 Å². The minimum Gasteiger partial charge on any atom is -0.326 e. The average molecular weight is 417 g/mol. The standard InChI is InChI=1S/C17H17BrN6O2/c1-23-8-6-15(22-23)17(26)21-14-4-2-13(3-5-14)20-16(25)7-9-24-11-12(18)10-19-24/h2-6,8,10-11H,7,9H2,1H3,(H,20,25)(H,21,26). The molecule has 0 aliphatic rings. The van der Waals surface area contributed by atoms with Crippen LogP contribution in [0.4, 0.5) is 11.4 Å². The third kappa shape index (κ3) is 4.79. The van der Waals surface area contributed by atoms with E-state index in [1.54, 1.807) is 59.1 Å². The number of nitrogens with zero attached hydrogens (tertiary/aromatic N) is 4. The number of rotatable bonds is 6. The summed E-state index contributed by atoms with van der Waals surface area (Å²) in [7, 11) is 1.75. The van der Waals surface area contributed by atoms with Gasteiger partial charge in [0.1, 0.15) is 0 Å². The van der Waals surface area contributed by atoms with E-state index >= 15 is 0 Å². The number of carbonyl (C=O) groups excluding carboxylic acids is 2. The summed E-state index contributed by atoms with van der Waals surface area (Å²) in [6.45, 7) is 0.496. The van der Waals surface area contributed by atoms with Crippen molar-refractivity contribution in [2.24, 2.45) is 7.05 Å². The van der Waals surface area contributed by atoms with Crippen molar-refractivity contribution in [3.8, 4) is 0 Å². The van der Waals surface area contributed by atoms with Crippen LogP contribution < -0.4 is 10.6 Å². The van der Waals surface area contributed by atoms with E-state index in [1.165, 1.54) is 0 Å². The number of aromatic nitrogens is 4. The number of benzene rings is 1. The van der Waals surface area contributed by atoms with Gasteiger partial charge in [0.2, 0.25) is 5.91 Å². The van der Waals surface area contributed by atoms with Gasteiger partial charge in [-0.3, -0.25) is 19.0 Å². The van der Waals surface area contributed by atoms with Gasteiger partial charge in [0, 0.05) is 43.8 Å². The highest BCUT2D eigenvalue weighted by molar-refractivity contribution is 9.10. The molecule has 3 rings (SSSR count). The Morgan fingerprint density at radius 2 is 1.81 bits per heavy atom. The van der Waals surface area contributed by atoms with E-state index < -0.39 is 0 Å². The second kappa shape index (κ2) is 7.96. The average Bonchev–Trinajstić information content (AvgIpc) is 3.23. The first-order chi connectivity index (χ1) is 12.5. The number of carbonyl (C=O) groups is 2. The molecule has 2 heterocycles. The van der Waals surface area contributed by atoms with Crippen LogP contribution in [0.25, 0.3) is 0 Å². The van der Waals surface area contributed by atoms with Crippen molar-refractivity contribution in [2.75, 3.05) is 10.6 Å². The molecule has 0 spiro atoms. The predicted octanol–water partition coefficient (Wildman–Crippen LogP) is 2.66. The number of aryl methyl sites for hydroxylation is 2. The molecule has 0 atom stereocenters. The fourth-order valence-electron chi connectivity index (χ4n) is 2.27. The Bertz CT molecular complexity index is 915. The predicted molar refractivity (Wildman–Crippen MR) is 101 cm³/mol. The lowest BCUT2D eigenvalue weighted by molar-refractivity contribution is -0.116. The molecule has 0 aliphatic heterocycles. The maximum Gasteiger partial charge on any atom is 0.276 e. The fraction of sp³-hybridized carbons (Fsp3) is 0.176. The molecule has 0 bridgehead atoms. The molecule has 26 heavy (non-hydrogen) atoms. The van der Waals surface area contributed by atoms with Gasteiger partial charge in [-0.25, -0.2) is 0 Å². The van der Waals surface area contributed by atoms with Gasteiger partial charge in [-0.15, -0.1) is 0 Å². The molecule has 8 nitrogen and oxygen atoms in total. The second-order valence-corrected chi connectivity index (χ2v) is 6.54. The quantitative estimate of drug-likeness (QED) is 0.645. The van der Waals surface area contributed by atoms with Gasteiger partial charge >= 0.3 is 0 Å². The fourth-order valence-corrected chi connectivity index (χ4v) is 2.60. The summed E-state index contributed by atoms with van der Waals surface area (Å²) in [5, 5.41) is 13.7. The van der Waals surface area contributed by atoms with E-state index in [0.717, 1.165) is 4.47 Å². The smallest absolute Gasteiger partial charge is 0.276 e. The third-order valence-electron chi connectivity index (χ3n) is 3.54. The van der Waals surface area contributed by atoms with Crippen molar-refractivity contribution in [2.45, 2.75) is 13.0 Å². The molecule has 3 aromatic rings. The Kier molecular flexibility index (Phi) is 5.47. The Morgan fingerprint density at radius 3 is 2.38 bits per heavy atom. The Balaban J connectivity index is 1.50. The summed E-state index contributed by atoms with van der Waals surface area (Å²) in [6, 6.07) is 8.55. The summed E-state index contributed by atoms with van der Waals surface area (Å²) >= 11 is 3.31. The van der Waals surface area contributed by atoms with E-state index in [-0.39, 0.29) is 11.8 Å². The van der Waals surface area contributed by atoms with E-state index in [0.29, 0.717) is 30.0 Å². The first-order valence-electron chi connectivity index (χ1n) is 7.88. The number of halogens is 1. The van der Waals surface area contributed by atoms with E-state index in [9.17, 15) is 9.59 Å². The molecular weight excluding hydrogens is 400 g/mol. The van der Waals surface area contributed by atoms with Crippen LogP contribution in [0.3, 0.4) is 0 Å². The number of hydrogen-bond donors (Lipinski definition) is 2. The summed E-state index contributed by atoms with van der Waals surface area (Å²) in [5.74, 6) is -0.394. The van der Waals surface area contributed by atoms with Crippen molar-refractivity contribution in [1.29, 1.82) is 0 Å². The lowest BCUT2D eigenvalue weighted by Crippen LogP contribution is -2.15. The molecule has 1 aromatic carbocycles. The van der Waals surface area contributed by atoms with Crippen molar-refractivity contribution in [3.63, 3.8) is 0 Å². The van der Waals surface area contributed by atoms with Crippen molar-refractivity contribution >= 4 is 39.1 Å². The highest BCUT2D eigenvalue weighted by Gasteiger charge is 2.09. The molecule has 0 fully saturated rings. The Morgan fingerprint density at radius 1 is 1.12 bits per heavy atom. The number of nitrogens with one attached hydrogen (secondary N) is 2. The molecule has 0 unspecified atom stereocenters. The van der Waals surface area contributed by atoms with Gasteiger partial charge in [0.25, 0.3) is 5.91 Å². The molecule has 2 amide bonds. The van der Waals surface area contributed by atoms with E-state index in [1.807, 2.05) is 6.20 Å². The van der Waals surface area contributed by atoms with Gasteiger partial charge in [0.15, 0.2) is 5.69 Å². The molecule has 0 saturated heterocycles. The van der Waals surface area contributed by atoms with Gasteiger partial charge < -0.3 is 10.6 Å². The van der Waals surface area contributed by atoms with Crippen molar-refractivity contribution in [1.82, 2.24) is 19.6 Å². The zero-order chi connectivity index (χ0) is 18.5. The highest BCUT2D eigenvalue weighted by atomic mass is 79.9. The zero-order valence-electron chi connectivity index (χ0n) is 14.0. The van der Waals surface area contributed by atoms with Crippen LogP contribution in [0.2, 0.25) is 0 Å². The van der Waals surface area contributed by atoms with Gasteiger partial charge in [-0.2, -0.15) is 10.2 Å². The Hall–Kier alpha value is -2.94. The summed E-state index contributed by atoms with van der Waals surface area (Å²) in [6.07, 6.45) is 5.50. The second-order valence-electron chi connectivity index (χ2n) is 5.63. The maximum atomic E-state index is 12.0. The molecule has 0 radical (unpaired) electrons. The lowest BCUT2D eigenvalue weighted by Gasteiger charge is -2.07. The molecule has 2 N–H and O–H groups in total. The van der Waals surface area contributed by atoms with Crippen LogP contribution in [0.5, 0.6) is 0 Å². The van der Waals surface area contributed by atoms with Crippen LogP contribution in [0.1, 0.15) is 16.9 Å². The highest BCUT2D eigenvalue weighted by Crippen LogP contribution is 2.15. The normalized spacial score (nSPS) is 10.5. The van der Waals surface area contributed by atoms with Gasteiger partial charge in [-0.1, -0.05) is 0 Å². The number of amides is 2. The molecule has 0 aliphatic carbocycles. The number of hydrogen-bond acceptors (Lipinski definition) is 4. The molecule has 0 saturated carbocycles. The molecule has 2 aromatic heterocycles.